The van der Waals surface area contributed by atoms with Gasteiger partial charge in [-0.05, 0) is 56.4 Å². The second kappa shape index (κ2) is 6.79. The fourth-order valence-corrected chi connectivity index (χ4v) is 4.17. The van der Waals surface area contributed by atoms with Crippen LogP contribution in [0, 0.1) is 11.3 Å². The van der Waals surface area contributed by atoms with E-state index < -0.39 is 0 Å². The third kappa shape index (κ3) is 4.46. The summed E-state index contributed by atoms with van der Waals surface area (Å²) >= 11 is 0. The molecule has 2 rings (SSSR count). The van der Waals surface area contributed by atoms with Crippen molar-refractivity contribution in [3.05, 3.63) is 0 Å². The molecule has 1 saturated heterocycles. The van der Waals surface area contributed by atoms with Crippen LogP contribution in [0.2, 0.25) is 0 Å². The maximum absolute atomic E-state index is 6.21. The van der Waals surface area contributed by atoms with E-state index in [2.05, 4.69) is 33.0 Å². The van der Waals surface area contributed by atoms with Crippen molar-refractivity contribution in [1.82, 2.24) is 5.32 Å². The number of nitrogens with one attached hydrogen (secondary N) is 1. The molecular weight excluding hydrogens is 246 g/mol. The lowest BCUT2D eigenvalue weighted by molar-refractivity contribution is -0.0995. The summed E-state index contributed by atoms with van der Waals surface area (Å²) in [4.78, 5) is 0. The minimum Gasteiger partial charge on any atom is -0.375 e. The van der Waals surface area contributed by atoms with E-state index >= 15 is 0 Å². The van der Waals surface area contributed by atoms with Crippen molar-refractivity contribution in [2.24, 2.45) is 11.3 Å². The van der Waals surface area contributed by atoms with Crippen LogP contribution in [0.4, 0.5) is 0 Å². The van der Waals surface area contributed by atoms with Gasteiger partial charge in [-0.2, -0.15) is 0 Å². The third-order valence-corrected chi connectivity index (χ3v) is 5.10. The Balaban J connectivity index is 1.99. The fourth-order valence-electron chi connectivity index (χ4n) is 4.17. The van der Waals surface area contributed by atoms with E-state index in [1.165, 1.54) is 51.4 Å². The third-order valence-electron chi connectivity index (χ3n) is 5.10. The zero-order valence-electron chi connectivity index (χ0n) is 14.1. The predicted octanol–water partition coefficient (Wildman–Crippen LogP) is 4.53. The SMILES string of the molecule is CCCNC(CC(C)(C)C)C1CCOC2(CCCC2)C1. The number of ether oxygens (including phenoxy) is 1. The van der Waals surface area contributed by atoms with Crippen molar-refractivity contribution in [1.29, 1.82) is 0 Å². The number of rotatable bonds is 5. The van der Waals surface area contributed by atoms with Gasteiger partial charge in [-0.1, -0.05) is 40.5 Å². The van der Waals surface area contributed by atoms with Crippen molar-refractivity contribution in [2.75, 3.05) is 13.2 Å². The quantitative estimate of drug-likeness (QED) is 0.799. The van der Waals surface area contributed by atoms with Crippen molar-refractivity contribution in [3.63, 3.8) is 0 Å². The summed E-state index contributed by atoms with van der Waals surface area (Å²) in [6.07, 6.45) is 10.4. The smallest absolute Gasteiger partial charge is 0.0685 e. The first-order chi connectivity index (χ1) is 9.44. The Morgan fingerprint density at radius 1 is 1.25 bits per heavy atom. The van der Waals surface area contributed by atoms with Gasteiger partial charge >= 0.3 is 0 Å². The van der Waals surface area contributed by atoms with E-state index in [1.54, 1.807) is 0 Å². The lowest BCUT2D eigenvalue weighted by Gasteiger charge is -2.43. The van der Waals surface area contributed by atoms with Gasteiger partial charge in [-0.25, -0.2) is 0 Å². The Kier molecular flexibility index (Phi) is 5.53. The molecule has 1 aliphatic carbocycles. The molecule has 0 aromatic rings. The van der Waals surface area contributed by atoms with Crippen LogP contribution in [0.15, 0.2) is 0 Å². The molecule has 2 nitrogen and oxygen atoms in total. The molecule has 1 spiro atoms. The molecule has 2 aliphatic rings. The summed E-state index contributed by atoms with van der Waals surface area (Å²) in [6.45, 7) is 11.5. The van der Waals surface area contributed by atoms with Crippen LogP contribution in [0.1, 0.15) is 79.1 Å². The van der Waals surface area contributed by atoms with E-state index in [0.29, 0.717) is 11.5 Å². The molecule has 0 aromatic carbocycles. The van der Waals surface area contributed by atoms with Crippen molar-refractivity contribution >= 4 is 0 Å². The monoisotopic (exact) mass is 281 g/mol. The second-order valence-corrected chi connectivity index (χ2v) is 8.32. The molecule has 0 radical (unpaired) electrons. The zero-order valence-corrected chi connectivity index (χ0v) is 14.1. The van der Waals surface area contributed by atoms with Gasteiger partial charge in [0.1, 0.15) is 0 Å². The molecule has 0 bridgehead atoms. The zero-order chi connectivity index (χ0) is 14.6. The average molecular weight is 281 g/mol. The van der Waals surface area contributed by atoms with Crippen LogP contribution in [0.5, 0.6) is 0 Å². The van der Waals surface area contributed by atoms with Crippen molar-refractivity contribution < 1.29 is 4.74 Å². The summed E-state index contributed by atoms with van der Waals surface area (Å²) in [5, 5.41) is 3.85. The molecule has 1 saturated carbocycles. The summed E-state index contributed by atoms with van der Waals surface area (Å²) in [6, 6.07) is 0.677. The minimum atomic E-state index is 0.257. The topological polar surface area (TPSA) is 21.3 Å². The Hall–Kier alpha value is -0.0800. The van der Waals surface area contributed by atoms with E-state index in [1.807, 2.05) is 0 Å². The van der Waals surface area contributed by atoms with Crippen molar-refractivity contribution in [2.45, 2.75) is 90.7 Å². The maximum atomic E-state index is 6.21. The van der Waals surface area contributed by atoms with E-state index in [9.17, 15) is 0 Å². The Morgan fingerprint density at radius 2 is 1.95 bits per heavy atom. The number of hydrogen-bond acceptors (Lipinski definition) is 2. The summed E-state index contributed by atoms with van der Waals surface area (Å²) in [7, 11) is 0. The molecule has 1 N–H and O–H groups in total. The van der Waals surface area contributed by atoms with Gasteiger partial charge in [0, 0.05) is 12.6 Å². The first-order valence-corrected chi connectivity index (χ1v) is 8.81. The fraction of sp³-hybridized carbons (Fsp3) is 1.00. The first kappa shape index (κ1) is 16.3. The van der Waals surface area contributed by atoms with Crippen LogP contribution in [-0.4, -0.2) is 24.8 Å². The molecule has 2 heteroatoms. The highest BCUT2D eigenvalue weighted by molar-refractivity contribution is 4.95. The van der Waals surface area contributed by atoms with Crippen LogP contribution in [-0.2, 0) is 4.74 Å². The Bertz CT molecular complexity index is 288. The molecular formula is C18H35NO. The van der Waals surface area contributed by atoms with E-state index in [4.69, 9.17) is 4.74 Å². The Labute approximate surface area is 126 Å². The van der Waals surface area contributed by atoms with E-state index in [0.717, 1.165) is 19.1 Å². The molecule has 118 valence electrons. The lowest BCUT2D eigenvalue weighted by Crippen LogP contribution is -2.47. The molecule has 0 amide bonds. The summed E-state index contributed by atoms with van der Waals surface area (Å²) in [5.41, 5.74) is 0.666. The molecule has 0 aromatic heterocycles. The van der Waals surface area contributed by atoms with Gasteiger partial charge in [-0.15, -0.1) is 0 Å². The largest absolute Gasteiger partial charge is 0.375 e. The van der Waals surface area contributed by atoms with Crippen LogP contribution in [0.25, 0.3) is 0 Å². The molecule has 1 aliphatic heterocycles. The molecule has 20 heavy (non-hydrogen) atoms. The lowest BCUT2D eigenvalue weighted by atomic mass is 9.75. The minimum absolute atomic E-state index is 0.257. The van der Waals surface area contributed by atoms with Gasteiger partial charge in [0.15, 0.2) is 0 Å². The van der Waals surface area contributed by atoms with Gasteiger partial charge in [0.25, 0.3) is 0 Å². The highest BCUT2D eigenvalue weighted by Crippen LogP contribution is 2.44. The molecule has 2 unspecified atom stereocenters. The van der Waals surface area contributed by atoms with Crippen molar-refractivity contribution in [3.8, 4) is 0 Å². The van der Waals surface area contributed by atoms with Gasteiger partial charge in [-0.3, -0.25) is 0 Å². The molecule has 2 fully saturated rings. The molecule has 1 heterocycles. The summed E-state index contributed by atoms with van der Waals surface area (Å²) < 4.78 is 6.21. The highest BCUT2D eigenvalue weighted by Gasteiger charge is 2.42. The van der Waals surface area contributed by atoms with Gasteiger partial charge < -0.3 is 10.1 Å². The van der Waals surface area contributed by atoms with E-state index in [-0.39, 0.29) is 5.60 Å². The average Bonchev–Trinajstić information content (AvgIpc) is 2.81. The maximum Gasteiger partial charge on any atom is 0.0685 e. The van der Waals surface area contributed by atoms with Crippen LogP contribution >= 0.6 is 0 Å². The van der Waals surface area contributed by atoms with Crippen LogP contribution < -0.4 is 5.32 Å². The second-order valence-electron chi connectivity index (χ2n) is 8.32. The number of hydrogen-bond donors (Lipinski definition) is 1. The molecule has 2 atom stereocenters. The highest BCUT2D eigenvalue weighted by atomic mass is 16.5. The first-order valence-electron chi connectivity index (χ1n) is 8.81. The predicted molar refractivity (Wildman–Crippen MR) is 86.0 cm³/mol. The van der Waals surface area contributed by atoms with Gasteiger partial charge in [0.05, 0.1) is 5.60 Å². The summed E-state index contributed by atoms with van der Waals surface area (Å²) in [5.74, 6) is 0.813. The normalized spacial score (nSPS) is 27.9. The Morgan fingerprint density at radius 3 is 2.55 bits per heavy atom. The standard InChI is InChI=1S/C18H35NO/c1-5-11-19-16(14-17(2,3)4)15-8-12-20-18(13-15)9-6-7-10-18/h15-16,19H,5-14H2,1-4H3. The van der Waals surface area contributed by atoms with Gasteiger partial charge in [0.2, 0.25) is 0 Å². The van der Waals surface area contributed by atoms with Crippen LogP contribution in [0.3, 0.4) is 0 Å².